The number of amides is 1. The molecule has 0 fully saturated rings. The topological polar surface area (TPSA) is 82.8 Å². The second-order valence-electron chi connectivity index (χ2n) is 5.50. The lowest BCUT2D eigenvalue weighted by Crippen LogP contribution is -2.34. The Bertz CT molecular complexity index is 242. The zero-order valence-corrected chi connectivity index (χ0v) is 13.1. The molecule has 0 saturated carbocycles. The minimum Gasteiger partial charge on any atom is -0.444 e. The van der Waals surface area contributed by atoms with Crippen molar-refractivity contribution in [3.63, 3.8) is 0 Å². The van der Waals surface area contributed by atoms with Crippen LogP contribution in [0.15, 0.2) is 0 Å². The summed E-state index contributed by atoms with van der Waals surface area (Å²) in [7, 11) is 0. The fourth-order valence-corrected chi connectivity index (χ4v) is 1.39. The highest BCUT2D eigenvalue weighted by atomic mass is 16.6. The molecule has 6 heteroatoms. The van der Waals surface area contributed by atoms with Gasteiger partial charge in [-0.15, -0.1) is 0 Å². The first-order chi connectivity index (χ1) is 9.45. The molecule has 0 radical (unpaired) electrons. The van der Waals surface area contributed by atoms with Crippen LogP contribution in [0, 0.1) is 0 Å². The molecule has 3 N–H and O–H groups in total. The second-order valence-corrected chi connectivity index (χ2v) is 5.50. The van der Waals surface area contributed by atoms with Gasteiger partial charge in [0.15, 0.2) is 0 Å². The number of carbonyl (C=O) groups is 1. The second kappa shape index (κ2) is 11.9. The highest BCUT2D eigenvalue weighted by Crippen LogP contribution is 2.05. The van der Waals surface area contributed by atoms with Gasteiger partial charge >= 0.3 is 6.09 Å². The van der Waals surface area contributed by atoms with Gasteiger partial charge in [-0.05, 0) is 46.6 Å². The van der Waals surface area contributed by atoms with Crippen molar-refractivity contribution in [2.24, 2.45) is 5.73 Å². The number of unbranched alkanes of at least 4 members (excludes halogenated alkanes) is 2. The summed E-state index contributed by atoms with van der Waals surface area (Å²) in [6, 6.07) is 0. The van der Waals surface area contributed by atoms with Crippen molar-refractivity contribution in [2.75, 3.05) is 39.5 Å². The lowest BCUT2D eigenvalue weighted by Gasteiger charge is -2.19. The van der Waals surface area contributed by atoms with Gasteiger partial charge in [0, 0.05) is 13.2 Å². The Morgan fingerprint density at radius 1 is 1.00 bits per heavy atom. The number of nitrogens with two attached hydrogens (primary N) is 1. The molecule has 0 spiro atoms. The summed E-state index contributed by atoms with van der Waals surface area (Å²) < 4.78 is 15.8. The van der Waals surface area contributed by atoms with E-state index in [1.54, 1.807) is 0 Å². The van der Waals surface area contributed by atoms with Crippen LogP contribution in [-0.2, 0) is 14.2 Å². The molecule has 0 aromatic rings. The van der Waals surface area contributed by atoms with Crippen LogP contribution in [0.2, 0.25) is 0 Å². The van der Waals surface area contributed by atoms with Crippen molar-refractivity contribution in [1.82, 2.24) is 5.32 Å². The Hall–Kier alpha value is -0.850. The van der Waals surface area contributed by atoms with Crippen LogP contribution in [-0.4, -0.2) is 51.2 Å². The molecule has 0 unspecified atom stereocenters. The van der Waals surface area contributed by atoms with Crippen LogP contribution in [0.25, 0.3) is 0 Å². The summed E-state index contributed by atoms with van der Waals surface area (Å²) >= 11 is 0. The van der Waals surface area contributed by atoms with Gasteiger partial charge in [0.05, 0.1) is 19.8 Å². The van der Waals surface area contributed by atoms with Gasteiger partial charge in [-0.25, -0.2) is 4.79 Å². The zero-order valence-electron chi connectivity index (χ0n) is 13.1. The van der Waals surface area contributed by atoms with E-state index in [1.807, 2.05) is 20.8 Å². The molecule has 0 aliphatic heterocycles. The van der Waals surface area contributed by atoms with Gasteiger partial charge < -0.3 is 25.3 Å². The molecule has 0 aromatic heterocycles. The summed E-state index contributed by atoms with van der Waals surface area (Å²) in [5.74, 6) is 0. The van der Waals surface area contributed by atoms with Gasteiger partial charge in [0.1, 0.15) is 5.60 Å². The molecule has 0 rings (SSSR count). The van der Waals surface area contributed by atoms with Crippen LogP contribution in [0.5, 0.6) is 0 Å². The smallest absolute Gasteiger partial charge is 0.407 e. The molecule has 0 atom stereocenters. The summed E-state index contributed by atoms with van der Waals surface area (Å²) in [6.07, 6.45) is 2.78. The minimum atomic E-state index is -0.470. The van der Waals surface area contributed by atoms with Crippen LogP contribution in [0.3, 0.4) is 0 Å². The first-order valence-electron chi connectivity index (χ1n) is 7.28. The van der Waals surface area contributed by atoms with E-state index >= 15 is 0 Å². The molecule has 120 valence electrons. The minimum absolute atomic E-state index is 0.419. The van der Waals surface area contributed by atoms with Crippen molar-refractivity contribution in [2.45, 2.75) is 45.6 Å². The fraction of sp³-hybridized carbons (Fsp3) is 0.929. The van der Waals surface area contributed by atoms with Gasteiger partial charge in [0.2, 0.25) is 0 Å². The molecular formula is C14H30N2O4. The normalized spacial score (nSPS) is 11.4. The van der Waals surface area contributed by atoms with Gasteiger partial charge in [-0.3, -0.25) is 0 Å². The standard InChI is InChI=1S/C14H30N2O4/c1-14(2,3)20-13(17)16-8-10-19-12-11-18-9-6-4-5-7-15/h4-12,15H2,1-3H3,(H,16,17). The van der Waals surface area contributed by atoms with E-state index in [1.165, 1.54) is 0 Å². The Labute approximate surface area is 122 Å². The number of nitrogens with one attached hydrogen (secondary N) is 1. The van der Waals surface area contributed by atoms with Crippen LogP contribution < -0.4 is 11.1 Å². The Kier molecular flexibility index (Phi) is 11.4. The van der Waals surface area contributed by atoms with E-state index in [-0.39, 0.29) is 0 Å². The number of ether oxygens (including phenoxy) is 3. The lowest BCUT2D eigenvalue weighted by molar-refractivity contribution is 0.0391. The van der Waals surface area contributed by atoms with Gasteiger partial charge in [0.25, 0.3) is 0 Å². The molecule has 0 bridgehead atoms. The van der Waals surface area contributed by atoms with E-state index in [0.29, 0.717) is 26.4 Å². The van der Waals surface area contributed by atoms with E-state index in [2.05, 4.69) is 5.32 Å². The lowest BCUT2D eigenvalue weighted by atomic mass is 10.2. The highest BCUT2D eigenvalue weighted by molar-refractivity contribution is 5.67. The SMILES string of the molecule is CC(C)(C)OC(=O)NCCOCCOCCCCCN. The third kappa shape index (κ3) is 15.2. The van der Waals surface area contributed by atoms with Crippen molar-refractivity contribution in [3.8, 4) is 0 Å². The number of hydrogen-bond acceptors (Lipinski definition) is 5. The molecule has 20 heavy (non-hydrogen) atoms. The largest absolute Gasteiger partial charge is 0.444 e. The summed E-state index contributed by atoms with van der Waals surface area (Å²) in [6.45, 7) is 8.98. The van der Waals surface area contributed by atoms with E-state index < -0.39 is 11.7 Å². The molecule has 6 nitrogen and oxygen atoms in total. The van der Waals surface area contributed by atoms with Crippen molar-refractivity contribution in [3.05, 3.63) is 0 Å². The van der Waals surface area contributed by atoms with Crippen LogP contribution in [0.4, 0.5) is 4.79 Å². The van der Waals surface area contributed by atoms with Crippen molar-refractivity contribution in [1.29, 1.82) is 0 Å². The maximum absolute atomic E-state index is 11.3. The first-order valence-corrected chi connectivity index (χ1v) is 7.28. The Balaban J connectivity index is 3.19. The van der Waals surface area contributed by atoms with Crippen molar-refractivity contribution >= 4 is 6.09 Å². The molecule has 0 heterocycles. The van der Waals surface area contributed by atoms with Crippen molar-refractivity contribution < 1.29 is 19.0 Å². The van der Waals surface area contributed by atoms with E-state index in [4.69, 9.17) is 19.9 Å². The molecule has 0 aliphatic carbocycles. The predicted molar refractivity (Wildman–Crippen MR) is 78.8 cm³/mol. The zero-order chi connectivity index (χ0) is 15.3. The number of rotatable bonds is 11. The van der Waals surface area contributed by atoms with Gasteiger partial charge in [-0.2, -0.15) is 0 Å². The van der Waals surface area contributed by atoms with E-state index in [0.717, 1.165) is 32.4 Å². The Morgan fingerprint density at radius 3 is 2.25 bits per heavy atom. The number of hydrogen-bond donors (Lipinski definition) is 2. The predicted octanol–water partition coefficient (Wildman–Crippen LogP) is 1.67. The quantitative estimate of drug-likeness (QED) is 0.566. The maximum atomic E-state index is 11.3. The fourth-order valence-electron chi connectivity index (χ4n) is 1.39. The van der Waals surface area contributed by atoms with E-state index in [9.17, 15) is 4.79 Å². The first kappa shape index (κ1) is 19.1. The molecular weight excluding hydrogens is 260 g/mol. The average Bonchev–Trinajstić information content (AvgIpc) is 2.34. The van der Waals surface area contributed by atoms with Crippen LogP contribution in [0.1, 0.15) is 40.0 Å². The number of alkyl carbamates (subject to hydrolysis) is 1. The maximum Gasteiger partial charge on any atom is 0.407 e. The Morgan fingerprint density at radius 2 is 1.65 bits per heavy atom. The summed E-state index contributed by atoms with van der Waals surface area (Å²) in [5, 5.41) is 2.63. The third-order valence-corrected chi connectivity index (χ3v) is 2.28. The molecule has 1 amide bonds. The van der Waals surface area contributed by atoms with Crippen LogP contribution >= 0.6 is 0 Å². The molecule has 0 aliphatic rings. The molecule has 0 saturated heterocycles. The average molecular weight is 290 g/mol. The summed E-state index contributed by atoms with van der Waals surface area (Å²) in [5.41, 5.74) is 4.92. The summed E-state index contributed by atoms with van der Waals surface area (Å²) in [4.78, 5) is 11.3. The highest BCUT2D eigenvalue weighted by Gasteiger charge is 2.15. The monoisotopic (exact) mass is 290 g/mol. The molecule has 0 aromatic carbocycles. The number of carbonyl (C=O) groups excluding carboxylic acids is 1. The third-order valence-electron chi connectivity index (χ3n) is 2.28. The van der Waals surface area contributed by atoms with Gasteiger partial charge in [-0.1, -0.05) is 0 Å².